The van der Waals surface area contributed by atoms with E-state index in [4.69, 9.17) is 0 Å². The lowest BCUT2D eigenvalue weighted by atomic mass is 9.92. The number of aliphatic carboxylic acids is 1. The number of rotatable bonds is 5. The molecule has 2 unspecified atom stereocenters. The molecule has 1 aliphatic heterocycles. The number of carboxylic acids is 1. The number of amides is 2. The molecular weight excluding hydrogens is 276 g/mol. The lowest BCUT2D eigenvalue weighted by Gasteiger charge is -2.28. The molecule has 0 aromatic rings. The molecule has 2 atom stereocenters. The van der Waals surface area contributed by atoms with Crippen LogP contribution < -0.4 is 5.32 Å². The maximum atomic E-state index is 12.3. The van der Waals surface area contributed by atoms with E-state index in [-0.39, 0.29) is 16.8 Å². The smallest absolute Gasteiger partial charge is 0.327 e. The predicted octanol–water partition coefficient (Wildman–Crippen LogP) is 2.76. The Morgan fingerprint density at radius 1 is 1.40 bits per heavy atom. The average Bonchev–Trinajstić information content (AvgIpc) is 2.71. The number of thioether (sulfide) groups is 1. The Balaban J connectivity index is 2.62. The molecule has 1 fully saturated rings. The van der Waals surface area contributed by atoms with Gasteiger partial charge in [0.15, 0.2) is 0 Å². The zero-order valence-corrected chi connectivity index (χ0v) is 13.6. The van der Waals surface area contributed by atoms with Crippen molar-refractivity contribution in [1.82, 2.24) is 10.2 Å². The highest BCUT2D eigenvalue weighted by atomic mass is 32.2. The zero-order chi connectivity index (χ0) is 15.3. The molecule has 0 aromatic heterocycles. The van der Waals surface area contributed by atoms with Gasteiger partial charge in [-0.15, -0.1) is 11.8 Å². The molecule has 2 amide bonds. The Kier molecular flexibility index (Phi) is 6.17. The second kappa shape index (κ2) is 7.20. The topological polar surface area (TPSA) is 69.6 Å². The summed E-state index contributed by atoms with van der Waals surface area (Å²) in [6.07, 6.45) is 2.65. The van der Waals surface area contributed by atoms with Crippen molar-refractivity contribution >= 4 is 23.8 Å². The van der Waals surface area contributed by atoms with Crippen LogP contribution in [0.3, 0.4) is 0 Å². The number of carbonyl (C=O) groups is 2. The number of nitrogens with zero attached hydrogens (tertiary/aromatic N) is 1. The van der Waals surface area contributed by atoms with Gasteiger partial charge in [-0.1, -0.05) is 34.1 Å². The van der Waals surface area contributed by atoms with Gasteiger partial charge < -0.3 is 10.4 Å². The van der Waals surface area contributed by atoms with Crippen LogP contribution in [0.1, 0.15) is 47.0 Å². The van der Waals surface area contributed by atoms with E-state index in [2.05, 4.69) is 26.1 Å². The number of hydrogen-bond donors (Lipinski definition) is 2. The summed E-state index contributed by atoms with van der Waals surface area (Å²) in [7, 11) is 0. The van der Waals surface area contributed by atoms with Crippen molar-refractivity contribution in [1.29, 1.82) is 0 Å². The van der Waals surface area contributed by atoms with Crippen molar-refractivity contribution in [3.05, 3.63) is 0 Å². The first-order chi connectivity index (χ1) is 9.26. The van der Waals surface area contributed by atoms with E-state index in [1.165, 1.54) is 4.90 Å². The van der Waals surface area contributed by atoms with Crippen LogP contribution in [-0.2, 0) is 4.79 Å². The van der Waals surface area contributed by atoms with E-state index in [1.54, 1.807) is 11.8 Å². The highest BCUT2D eigenvalue weighted by molar-refractivity contribution is 8.00. The molecule has 20 heavy (non-hydrogen) atoms. The average molecular weight is 302 g/mol. The van der Waals surface area contributed by atoms with E-state index in [0.717, 1.165) is 19.3 Å². The lowest BCUT2D eigenvalue weighted by Crippen LogP contribution is -2.50. The van der Waals surface area contributed by atoms with Gasteiger partial charge in [0.25, 0.3) is 0 Å². The highest BCUT2D eigenvalue weighted by Gasteiger charge is 2.41. The monoisotopic (exact) mass is 302 g/mol. The van der Waals surface area contributed by atoms with Crippen molar-refractivity contribution in [3.8, 4) is 0 Å². The summed E-state index contributed by atoms with van der Waals surface area (Å²) < 4.78 is 0. The lowest BCUT2D eigenvalue weighted by molar-refractivity contribution is -0.141. The van der Waals surface area contributed by atoms with Crippen LogP contribution in [-0.4, -0.2) is 45.7 Å². The predicted molar refractivity (Wildman–Crippen MR) is 81.9 cm³/mol. The van der Waals surface area contributed by atoms with E-state index < -0.39 is 12.0 Å². The summed E-state index contributed by atoms with van der Waals surface area (Å²) in [5.74, 6) is -0.436. The van der Waals surface area contributed by atoms with Crippen LogP contribution in [0, 0.1) is 5.41 Å². The van der Waals surface area contributed by atoms with Gasteiger partial charge in [0.05, 0.1) is 5.37 Å². The Labute approximate surface area is 125 Å². The van der Waals surface area contributed by atoms with Gasteiger partial charge in [0.2, 0.25) is 0 Å². The van der Waals surface area contributed by atoms with Crippen molar-refractivity contribution in [2.75, 3.05) is 12.3 Å². The fourth-order valence-electron chi connectivity index (χ4n) is 2.13. The molecule has 1 saturated heterocycles. The first-order valence-electron chi connectivity index (χ1n) is 7.17. The summed E-state index contributed by atoms with van der Waals surface area (Å²) in [6, 6.07) is -0.948. The van der Waals surface area contributed by atoms with Crippen LogP contribution >= 0.6 is 11.8 Å². The minimum absolute atomic E-state index is 0.0178. The maximum Gasteiger partial charge on any atom is 0.327 e. The molecule has 0 saturated carbocycles. The molecule has 1 rings (SSSR count). The first kappa shape index (κ1) is 17.1. The van der Waals surface area contributed by atoms with Gasteiger partial charge >= 0.3 is 12.0 Å². The van der Waals surface area contributed by atoms with Crippen LogP contribution in [0.4, 0.5) is 4.79 Å². The van der Waals surface area contributed by atoms with Crippen LogP contribution in [0.2, 0.25) is 0 Å². The first-order valence-corrected chi connectivity index (χ1v) is 8.21. The summed E-state index contributed by atoms with van der Waals surface area (Å²) in [6.45, 7) is 8.97. The van der Waals surface area contributed by atoms with Gasteiger partial charge in [-0.3, -0.25) is 4.90 Å². The summed E-state index contributed by atoms with van der Waals surface area (Å²) in [4.78, 5) is 25.0. The van der Waals surface area contributed by atoms with Crippen molar-refractivity contribution in [3.63, 3.8) is 0 Å². The molecule has 6 heteroatoms. The number of nitrogens with one attached hydrogen (secondary N) is 1. The molecule has 0 bridgehead atoms. The molecule has 0 spiro atoms. The second-order valence-electron chi connectivity index (χ2n) is 6.38. The van der Waals surface area contributed by atoms with Crippen molar-refractivity contribution < 1.29 is 14.7 Å². The third kappa shape index (κ3) is 4.89. The summed E-state index contributed by atoms with van der Waals surface area (Å²) >= 11 is 1.56. The van der Waals surface area contributed by atoms with Gasteiger partial charge in [-0.2, -0.15) is 0 Å². The number of carbonyl (C=O) groups excluding carboxylic acids is 1. The molecule has 1 aliphatic rings. The number of hydrogen-bond acceptors (Lipinski definition) is 3. The minimum atomic E-state index is -0.915. The highest BCUT2D eigenvalue weighted by Crippen LogP contribution is 2.32. The van der Waals surface area contributed by atoms with E-state index in [1.807, 2.05) is 6.92 Å². The van der Waals surface area contributed by atoms with E-state index >= 15 is 0 Å². The summed E-state index contributed by atoms with van der Waals surface area (Å²) in [5.41, 5.74) is 0.155. The van der Waals surface area contributed by atoms with Crippen LogP contribution in [0.25, 0.3) is 0 Å². The Morgan fingerprint density at radius 3 is 2.55 bits per heavy atom. The quantitative estimate of drug-likeness (QED) is 0.819. The van der Waals surface area contributed by atoms with E-state index in [9.17, 15) is 14.7 Å². The molecule has 1 heterocycles. The van der Waals surface area contributed by atoms with Gasteiger partial charge in [0.1, 0.15) is 6.04 Å². The molecule has 0 aliphatic carbocycles. The number of carboxylic acid groups (broad SMARTS) is 1. The zero-order valence-electron chi connectivity index (χ0n) is 12.8. The van der Waals surface area contributed by atoms with E-state index in [0.29, 0.717) is 12.3 Å². The van der Waals surface area contributed by atoms with Crippen molar-refractivity contribution in [2.45, 2.75) is 58.4 Å². The summed E-state index contributed by atoms with van der Waals surface area (Å²) in [5, 5.41) is 12.1. The third-order valence-electron chi connectivity index (χ3n) is 3.30. The Bertz CT molecular complexity index is 355. The molecule has 2 N–H and O–H groups in total. The fraction of sp³-hybridized carbons (Fsp3) is 0.857. The Hall–Kier alpha value is -0.910. The standard InChI is InChI=1S/C14H26N2O3S/c1-5-6-11-16(10(9-20-11)12(17)18)13(19)15-8-7-14(2,3)4/h10-11H,5-9H2,1-4H3,(H,15,19)(H,17,18). The number of urea groups is 1. The third-order valence-corrected chi connectivity index (χ3v) is 4.65. The SMILES string of the molecule is CCCC1SCC(C(=O)O)N1C(=O)NCCC(C)(C)C. The van der Waals surface area contributed by atoms with Crippen LogP contribution in [0.15, 0.2) is 0 Å². The minimum Gasteiger partial charge on any atom is -0.480 e. The normalized spacial score (nSPS) is 22.9. The molecule has 0 radical (unpaired) electrons. The maximum absolute atomic E-state index is 12.3. The molecule has 116 valence electrons. The van der Waals surface area contributed by atoms with Gasteiger partial charge in [-0.05, 0) is 18.3 Å². The molecular formula is C14H26N2O3S. The van der Waals surface area contributed by atoms with Gasteiger partial charge in [0, 0.05) is 12.3 Å². The van der Waals surface area contributed by atoms with Gasteiger partial charge in [-0.25, -0.2) is 9.59 Å². The Morgan fingerprint density at radius 2 is 2.05 bits per heavy atom. The molecule has 5 nitrogen and oxygen atoms in total. The van der Waals surface area contributed by atoms with Crippen LogP contribution in [0.5, 0.6) is 0 Å². The second-order valence-corrected chi connectivity index (χ2v) is 7.59. The largest absolute Gasteiger partial charge is 0.480 e. The fourth-order valence-corrected chi connectivity index (χ4v) is 3.64. The molecule has 0 aromatic carbocycles. The van der Waals surface area contributed by atoms with Crippen molar-refractivity contribution in [2.24, 2.45) is 5.41 Å².